The van der Waals surface area contributed by atoms with Crippen molar-refractivity contribution in [3.63, 3.8) is 0 Å². The molecule has 3 amide bonds. The van der Waals surface area contributed by atoms with E-state index in [1.165, 1.54) is 4.90 Å². The van der Waals surface area contributed by atoms with Crippen LogP contribution in [0.1, 0.15) is 25.3 Å². The molecule has 1 atom stereocenters. The van der Waals surface area contributed by atoms with Crippen molar-refractivity contribution in [3.05, 3.63) is 29.8 Å². The van der Waals surface area contributed by atoms with Gasteiger partial charge in [0.05, 0.1) is 5.69 Å². The zero-order valence-corrected chi connectivity index (χ0v) is 17.5. The van der Waals surface area contributed by atoms with E-state index in [-0.39, 0.29) is 51.3 Å². The van der Waals surface area contributed by atoms with Crippen molar-refractivity contribution >= 4 is 23.4 Å². The second-order valence-electron chi connectivity index (χ2n) is 6.26. The van der Waals surface area contributed by atoms with Crippen LogP contribution in [0.2, 0.25) is 0 Å². The fraction of sp³-hybridized carbons (Fsp3) is 0.526. The van der Waals surface area contributed by atoms with Gasteiger partial charge in [-0.25, -0.2) is 0 Å². The van der Waals surface area contributed by atoms with E-state index in [0.717, 1.165) is 16.6 Å². The first-order valence-electron chi connectivity index (χ1n) is 8.77. The molecule has 0 spiro atoms. The van der Waals surface area contributed by atoms with Gasteiger partial charge in [0, 0.05) is 12.3 Å². The van der Waals surface area contributed by atoms with Crippen molar-refractivity contribution in [2.75, 3.05) is 34.0 Å². The Morgan fingerprint density at radius 1 is 1.27 bits per heavy atom. The Labute approximate surface area is 164 Å². The quantitative estimate of drug-likeness (QED) is 0.192. The van der Waals surface area contributed by atoms with Gasteiger partial charge >= 0.3 is 114 Å². The molecule has 0 bridgehead atoms. The second-order valence-corrected chi connectivity index (χ2v) is 8.86. The Morgan fingerprint density at radius 3 is 2.62 bits per heavy atom. The molecule has 1 aromatic rings. The van der Waals surface area contributed by atoms with E-state index < -0.39 is 0 Å². The van der Waals surface area contributed by atoms with Crippen LogP contribution in [-0.2, 0) is 25.5 Å². The number of halogens is 1. The summed E-state index contributed by atoms with van der Waals surface area (Å²) < 4.78 is 6.58. The van der Waals surface area contributed by atoms with Crippen molar-refractivity contribution < 1.29 is 40.3 Å². The Hall–Kier alpha value is -1.48. The molecule has 26 heavy (non-hydrogen) atoms. The zero-order chi connectivity index (χ0) is 18.9. The zero-order valence-electron chi connectivity index (χ0n) is 15.3. The van der Waals surface area contributed by atoms with E-state index in [4.69, 9.17) is 4.74 Å². The van der Waals surface area contributed by atoms with Crippen molar-refractivity contribution in [3.8, 4) is 0 Å². The number of ether oxygens (including phenoxy) is 1. The number of nitrogens with zero attached hydrogens (tertiary/aromatic N) is 1. The summed E-state index contributed by atoms with van der Waals surface area (Å²) in [6.45, 7) is 3.65. The van der Waals surface area contributed by atoms with E-state index in [0.29, 0.717) is 31.7 Å². The average Bonchev–Trinajstić information content (AvgIpc) is 2.89. The fourth-order valence-corrected chi connectivity index (χ4v) is 3.46. The number of aryl methyl sites for hydroxylation is 1. The van der Waals surface area contributed by atoms with Gasteiger partial charge in [-0.15, -0.1) is 0 Å². The number of nitrogens with one attached hydrogen (secondary N) is 1. The number of anilines is 1. The van der Waals surface area contributed by atoms with Crippen molar-refractivity contribution in [2.45, 2.75) is 26.2 Å². The van der Waals surface area contributed by atoms with Gasteiger partial charge in [0.25, 0.3) is 0 Å². The third-order valence-electron chi connectivity index (χ3n) is 4.19. The molecule has 144 valence electrons. The summed E-state index contributed by atoms with van der Waals surface area (Å²) in [5, 5.41) is 2.85. The van der Waals surface area contributed by atoms with Crippen molar-refractivity contribution in [2.24, 2.45) is 5.92 Å². The first-order valence-corrected chi connectivity index (χ1v) is 12.4. The summed E-state index contributed by atoms with van der Waals surface area (Å²) in [5.74, 6) is -0.555. The van der Waals surface area contributed by atoms with Gasteiger partial charge in [0.2, 0.25) is 11.8 Å². The third-order valence-corrected chi connectivity index (χ3v) is 5.71. The molecule has 0 aliphatic carbocycles. The Morgan fingerprint density at radius 2 is 2.00 bits per heavy atom. The van der Waals surface area contributed by atoms with Gasteiger partial charge < -0.3 is 0 Å². The summed E-state index contributed by atoms with van der Waals surface area (Å²) in [6.07, 6.45) is 1.29. The molecule has 1 unspecified atom stereocenters. The van der Waals surface area contributed by atoms with Crippen LogP contribution in [0, 0.1) is 5.92 Å². The monoisotopic (exact) mass is 473 g/mol. The van der Waals surface area contributed by atoms with Crippen LogP contribution in [0.4, 0.5) is 5.69 Å². The van der Waals surface area contributed by atoms with Gasteiger partial charge in [-0.1, -0.05) is 6.92 Å². The van der Waals surface area contributed by atoms with Crippen LogP contribution in [0.15, 0.2) is 24.3 Å². The van der Waals surface area contributed by atoms with Crippen LogP contribution in [0.5, 0.6) is 0 Å². The number of benzene rings is 1. The minimum atomic E-state index is -0.251. The first-order chi connectivity index (χ1) is 12.5. The molecule has 6 nitrogen and oxygen atoms in total. The molecule has 1 saturated heterocycles. The molecule has 0 aromatic heterocycles. The molecule has 1 aromatic carbocycles. The van der Waals surface area contributed by atoms with E-state index >= 15 is 0 Å². The predicted octanol–water partition coefficient (Wildman–Crippen LogP) is -1.63. The predicted molar refractivity (Wildman–Crippen MR) is 95.7 cm³/mol. The summed E-state index contributed by atoms with van der Waals surface area (Å²) in [5.41, 5.74) is 1.60. The van der Waals surface area contributed by atoms with Crippen LogP contribution < -0.4 is 31.4 Å². The summed E-state index contributed by atoms with van der Waals surface area (Å²) in [7, 11) is 0. The first kappa shape index (κ1) is 20.8. The number of alkyl halides is 2. The summed E-state index contributed by atoms with van der Waals surface area (Å²) >= 11 is 0.274. The minimum absolute atomic E-state index is 0.000633. The molecule has 1 N–H and O–H groups in total. The molecule has 2 rings (SSSR count). The SMILES string of the molecule is C[I-]CCOCCNC(=O)CCc1ccc(N2C(=O)CC(C)C2=O)cc1. The molecular formula is C19H26IN2O4-. The van der Waals surface area contributed by atoms with Gasteiger partial charge in [-0.05, 0) is 0 Å². The molecule has 1 fully saturated rings. The molecule has 0 radical (unpaired) electrons. The van der Waals surface area contributed by atoms with Crippen LogP contribution in [0.25, 0.3) is 0 Å². The number of hydrogen-bond donors (Lipinski definition) is 1. The number of imide groups is 1. The maximum absolute atomic E-state index is 12.0. The van der Waals surface area contributed by atoms with Gasteiger partial charge in [0.1, 0.15) is 0 Å². The van der Waals surface area contributed by atoms with Gasteiger partial charge in [-0.2, -0.15) is 0 Å². The fourth-order valence-electron chi connectivity index (χ4n) is 2.71. The number of carbonyl (C=O) groups is 3. The van der Waals surface area contributed by atoms with Gasteiger partial charge in [-0.3, -0.25) is 14.5 Å². The van der Waals surface area contributed by atoms with Gasteiger partial charge in [0.15, 0.2) is 0 Å². The van der Waals surface area contributed by atoms with E-state index in [9.17, 15) is 14.4 Å². The standard InChI is InChI=1S/C19H26IN2O4/c1-14-13-18(24)22(19(14)25)16-6-3-15(4-7-16)5-8-17(23)21-10-12-26-11-9-20-2/h3-4,6-7,14H,5,8-13H2,1-2H3,(H,21,23)/q-1. The Bertz CT molecular complexity index is 633. The van der Waals surface area contributed by atoms with Crippen LogP contribution in [0.3, 0.4) is 0 Å². The third kappa shape index (κ3) is 6.05. The molecule has 0 saturated carbocycles. The Kier molecular flexibility index (Phi) is 8.50. The molecule has 1 aliphatic rings. The molecule has 1 aliphatic heterocycles. The molecular weight excluding hydrogens is 447 g/mol. The number of carbonyl (C=O) groups excluding carboxylic acids is 3. The summed E-state index contributed by atoms with van der Waals surface area (Å²) in [6, 6.07) is 7.27. The number of hydrogen-bond acceptors (Lipinski definition) is 4. The van der Waals surface area contributed by atoms with Crippen molar-refractivity contribution in [1.29, 1.82) is 0 Å². The molecule has 1 heterocycles. The Balaban J connectivity index is 1.73. The van der Waals surface area contributed by atoms with E-state index in [2.05, 4.69) is 10.2 Å². The van der Waals surface area contributed by atoms with E-state index in [1.54, 1.807) is 19.1 Å². The number of rotatable bonds is 10. The van der Waals surface area contributed by atoms with Crippen LogP contribution in [-0.4, -0.2) is 46.8 Å². The molecule has 7 heteroatoms. The topological polar surface area (TPSA) is 75.7 Å². The van der Waals surface area contributed by atoms with Crippen LogP contribution >= 0.6 is 0 Å². The number of amides is 3. The maximum atomic E-state index is 12.0. The average molecular weight is 473 g/mol. The summed E-state index contributed by atoms with van der Waals surface area (Å²) in [4.78, 5) is 39.3. The second kappa shape index (κ2) is 10.6. The van der Waals surface area contributed by atoms with Crippen molar-refractivity contribution in [1.82, 2.24) is 5.32 Å². The normalized spacial score (nSPS) is 17.2. The van der Waals surface area contributed by atoms with E-state index in [1.807, 2.05) is 12.1 Å².